The van der Waals surface area contributed by atoms with Crippen molar-refractivity contribution in [3.05, 3.63) is 56.7 Å². The molecular formula is C13H8BrF4N5S. The van der Waals surface area contributed by atoms with Crippen molar-refractivity contribution in [1.82, 2.24) is 25.2 Å². The van der Waals surface area contributed by atoms with Crippen molar-refractivity contribution in [2.75, 3.05) is 0 Å². The molecule has 24 heavy (non-hydrogen) atoms. The van der Waals surface area contributed by atoms with Crippen molar-refractivity contribution < 1.29 is 17.6 Å². The second-order valence-corrected chi connectivity index (χ2v) is 6.52. The van der Waals surface area contributed by atoms with E-state index in [9.17, 15) is 17.6 Å². The highest BCUT2D eigenvalue weighted by atomic mass is 79.9. The van der Waals surface area contributed by atoms with E-state index in [2.05, 4.69) is 36.4 Å². The number of aromatic nitrogens is 5. The SMILES string of the molecule is Fc1ccc(C(Cn2cnnn2)C(F)(F)c2nc(Br)cs2)c(F)c1. The lowest BCUT2D eigenvalue weighted by Gasteiger charge is -2.25. The zero-order chi connectivity index (χ0) is 17.3. The standard InChI is InChI=1S/C13H8BrF4N5S/c14-11-5-24-12(20-11)13(17,18)9(4-23-6-19-21-22-23)8-2-1-7(15)3-10(8)16/h1-3,5-6,9H,4H2. The number of thiazole rings is 1. The second kappa shape index (κ2) is 6.55. The molecule has 0 bridgehead atoms. The molecule has 2 heterocycles. The molecule has 0 saturated heterocycles. The maximum atomic E-state index is 15.0. The Kier molecular flexibility index (Phi) is 4.63. The van der Waals surface area contributed by atoms with Crippen LogP contribution >= 0.6 is 27.3 Å². The first-order chi connectivity index (χ1) is 11.4. The quantitative estimate of drug-likeness (QED) is 0.588. The van der Waals surface area contributed by atoms with Gasteiger partial charge in [-0.25, -0.2) is 18.4 Å². The lowest BCUT2D eigenvalue weighted by atomic mass is 9.92. The van der Waals surface area contributed by atoms with Crippen LogP contribution < -0.4 is 0 Å². The average molecular weight is 422 g/mol. The van der Waals surface area contributed by atoms with Crippen molar-refractivity contribution in [2.24, 2.45) is 0 Å². The van der Waals surface area contributed by atoms with Gasteiger partial charge in [0.15, 0.2) is 5.01 Å². The molecule has 11 heteroatoms. The summed E-state index contributed by atoms with van der Waals surface area (Å²) in [7, 11) is 0. The highest BCUT2D eigenvalue weighted by Gasteiger charge is 2.46. The van der Waals surface area contributed by atoms with Gasteiger partial charge >= 0.3 is 5.92 Å². The van der Waals surface area contributed by atoms with Gasteiger partial charge in [0.25, 0.3) is 0 Å². The van der Waals surface area contributed by atoms with Gasteiger partial charge in [-0.05, 0) is 38.0 Å². The lowest BCUT2D eigenvalue weighted by Crippen LogP contribution is -2.29. The van der Waals surface area contributed by atoms with E-state index >= 15 is 0 Å². The molecule has 1 aromatic carbocycles. The third kappa shape index (κ3) is 3.31. The fourth-order valence-electron chi connectivity index (χ4n) is 2.20. The van der Waals surface area contributed by atoms with Crippen LogP contribution in [0.15, 0.2) is 34.5 Å². The number of hydrogen-bond donors (Lipinski definition) is 0. The third-order valence-corrected chi connectivity index (χ3v) is 4.94. The summed E-state index contributed by atoms with van der Waals surface area (Å²) in [4.78, 5) is 3.73. The van der Waals surface area contributed by atoms with E-state index in [0.717, 1.165) is 34.5 Å². The van der Waals surface area contributed by atoms with Crippen LogP contribution in [0, 0.1) is 11.6 Å². The van der Waals surface area contributed by atoms with Crippen molar-refractivity contribution in [2.45, 2.75) is 18.4 Å². The Bertz CT molecular complexity index is 839. The van der Waals surface area contributed by atoms with Gasteiger partial charge in [-0.2, -0.15) is 8.78 Å². The van der Waals surface area contributed by atoms with Gasteiger partial charge < -0.3 is 0 Å². The van der Waals surface area contributed by atoms with Gasteiger partial charge in [-0.1, -0.05) is 6.07 Å². The molecule has 1 atom stereocenters. The van der Waals surface area contributed by atoms with E-state index in [0.29, 0.717) is 6.07 Å². The largest absolute Gasteiger partial charge is 0.307 e. The summed E-state index contributed by atoms with van der Waals surface area (Å²) in [5.41, 5.74) is -0.344. The van der Waals surface area contributed by atoms with Crippen LogP contribution in [-0.2, 0) is 12.5 Å². The Hall–Kier alpha value is -1.88. The summed E-state index contributed by atoms with van der Waals surface area (Å²) in [6.07, 6.45) is 1.14. The Balaban J connectivity index is 2.07. The fourth-order valence-corrected chi connectivity index (χ4v) is 3.49. The van der Waals surface area contributed by atoms with Crippen molar-refractivity contribution in [3.63, 3.8) is 0 Å². The summed E-state index contributed by atoms with van der Waals surface area (Å²) >= 11 is 3.76. The molecule has 3 rings (SSSR count). The monoisotopic (exact) mass is 421 g/mol. The number of tetrazole rings is 1. The minimum absolute atomic E-state index is 0.253. The van der Waals surface area contributed by atoms with Crippen LogP contribution in [0.3, 0.4) is 0 Å². The molecule has 2 aromatic heterocycles. The number of benzene rings is 1. The Morgan fingerprint density at radius 3 is 2.67 bits per heavy atom. The predicted octanol–water partition coefficient (Wildman–Crippen LogP) is 3.75. The van der Waals surface area contributed by atoms with Gasteiger partial charge in [0.2, 0.25) is 0 Å². The molecule has 0 aliphatic carbocycles. The van der Waals surface area contributed by atoms with Crippen molar-refractivity contribution in [3.8, 4) is 0 Å². The normalized spacial score (nSPS) is 13.2. The van der Waals surface area contributed by atoms with Gasteiger partial charge in [0, 0.05) is 11.4 Å². The van der Waals surface area contributed by atoms with Crippen molar-refractivity contribution in [1.29, 1.82) is 0 Å². The first-order valence-electron chi connectivity index (χ1n) is 6.53. The smallest absolute Gasteiger partial charge is 0.232 e. The fraction of sp³-hybridized carbons (Fsp3) is 0.231. The molecule has 5 nitrogen and oxygen atoms in total. The molecule has 0 aliphatic heterocycles. The number of nitrogens with zero attached hydrogens (tertiary/aromatic N) is 5. The van der Waals surface area contributed by atoms with Gasteiger partial charge in [0.05, 0.1) is 12.5 Å². The molecule has 0 amide bonds. The van der Waals surface area contributed by atoms with Gasteiger partial charge in [0.1, 0.15) is 22.6 Å². The molecule has 0 saturated carbocycles. The highest BCUT2D eigenvalue weighted by Crippen LogP contribution is 2.45. The molecule has 0 aliphatic rings. The molecule has 3 aromatic rings. The number of halogens is 5. The topological polar surface area (TPSA) is 56.5 Å². The van der Waals surface area contributed by atoms with E-state index in [1.807, 2.05) is 0 Å². The average Bonchev–Trinajstić information content (AvgIpc) is 3.17. The van der Waals surface area contributed by atoms with E-state index in [1.54, 1.807) is 0 Å². The molecule has 1 unspecified atom stereocenters. The molecule has 0 radical (unpaired) electrons. The molecular weight excluding hydrogens is 414 g/mol. The van der Waals surface area contributed by atoms with Crippen LogP contribution in [0.1, 0.15) is 16.5 Å². The number of hydrogen-bond acceptors (Lipinski definition) is 5. The lowest BCUT2D eigenvalue weighted by molar-refractivity contribution is -0.0417. The number of alkyl halides is 2. The molecule has 0 N–H and O–H groups in total. The maximum absolute atomic E-state index is 15.0. The highest BCUT2D eigenvalue weighted by molar-refractivity contribution is 9.10. The van der Waals surface area contributed by atoms with Gasteiger partial charge in [-0.3, -0.25) is 0 Å². The Labute approximate surface area is 145 Å². The van der Waals surface area contributed by atoms with Crippen LogP contribution in [0.25, 0.3) is 0 Å². The summed E-state index contributed by atoms with van der Waals surface area (Å²) in [5.74, 6) is -7.10. The minimum atomic E-state index is -3.51. The summed E-state index contributed by atoms with van der Waals surface area (Å²) in [5, 5.41) is 11.2. The third-order valence-electron chi connectivity index (χ3n) is 3.30. The first-order valence-corrected chi connectivity index (χ1v) is 8.20. The van der Waals surface area contributed by atoms with E-state index in [-0.39, 0.29) is 10.2 Å². The van der Waals surface area contributed by atoms with Crippen LogP contribution in [-0.4, -0.2) is 25.2 Å². The molecule has 0 spiro atoms. The number of rotatable bonds is 5. The second-order valence-electron chi connectivity index (χ2n) is 4.85. The molecule has 126 valence electrons. The predicted molar refractivity (Wildman–Crippen MR) is 80.6 cm³/mol. The summed E-state index contributed by atoms with van der Waals surface area (Å²) in [6, 6.07) is 2.49. The molecule has 0 fully saturated rings. The van der Waals surface area contributed by atoms with Crippen molar-refractivity contribution >= 4 is 27.3 Å². The first kappa shape index (κ1) is 17.0. The maximum Gasteiger partial charge on any atom is 0.307 e. The van der Waals surface area contributed by atoms with E-state index < -0.39 is 35.0 Å². The van der Waals surface area contributed by atoms with Crippen LogP contribution in [0.4, 0.5) is 17.6 Å². The zero-order valence-electron chi connectivity index (χ0n) is 11.7. The minimum Gasteiger partial charge on any atom is -0.232 e. The summed E-state index contributed by atoms with van der Waals surface area (Å²) in [6.45, 7) is -0.403. The summed E-state index contributed by atoms with van der Waals surface area (Å²) < 4.78 is 58.5. The van der Waals surface area contributed by atoms with Crippen LogP contribution in [0.2, 0.25) is 0 Å². The Morgan fingerprint density at radius 1 is 1.29 bits per heavy atom. The van der Waals surface area contributed by atoms with E-state index in [1.165, 1.54) is 5.38 Å². The zero-order valence-corrected chi connectivity index (χ0v) is 14.1. The Morgan fingerprint density at radius 2 is 2.08 bits per heavy atom. The van der Waals surface area contributed by atoms with Gasteiger partial charge in [-0.15, -0.1) is 16.4 Å². The van der Waals surface area contributed by atoms with Crippen LogP contribution in [0.5, 0.6) is 0 Å². The van der Waals surface area contributed by atoms with E-state index in [4.69, 9.17) is 0 Å².